The van der Waals surface area contributed by atoms with Gasteiger partial charge in [-0.15, -0.1) is 0 Å². The molecule has 0 bridgehead atoms. The third-order valence-corrected chi connectivity index (χ3v) is 2.60. The first-order chi connectivity index (χ1) is 10.2. The van der Waals surface area contributed by atoms with Crippen LogP contribution in [0.5, 0.6) is 0 Å². The predicted octanol–water partition coefficient (Wildman–Crippen LogP) is -4.05. The van der Waals surface area contributed by atoms with Crippen LogP contribution in [-0.2, 0) is 9.59 Å². The van der Waals surface area contributed by atoms with Crippen molar-refractivity contribution in [3.63, 3.8) is 0 Å². The Bertz CT molecular complexity index is 320. The molecule has 0 saturated carbocycles. The summed E-state index contributed by atoms with van der Waals surface area (Å²) in [6.45, 7) is 4.43. The second-order valence-corrected chi connectivity index (χ2v) is 4.85. The van der Waals surface area contributed by atoms with Gasteiger partial charge in [-0.3, -0.25) is 14.4 Å². The van der Waals surface area contributed by atoms with Gasteiger partial charge < -0.3 is 36.2 Å². The molecule has 0 aromatic heterocycles. The largest absolute Gasteiger partial charge is 0.437 e. The van der Waals surface area contributed by atoms with Gasteiger partial charge in [0.15, 0.2) is 0 Å². The lowest BCUT2D eigenvalue weighted by atomic mass is 9.86. The lowest BCUT2D eigenvalue weighted by molar-refractivity contribution is -0.120. The molecule has 0 unspecified atom stereocenters. The van der Waals surface area contributed by atoms with Gasteiger partial charge >= 0.3 is 21.2 Å². The lowest BCUT2D eigenvalue weighted by Gasteiger charge is -2.24. The van der Waals surface area contributed by atoms with Gasteiger partial charge in [-0.05, 0) is 20.5 Å². The zero-order valence-corrected chi connectivity index (χ0v) is 13.2. The molecule has 124 valence electrons. The number of hydrogen-bond acceptors (Lipinski definition) is 8. The van der Waals surface area contributed by atoms with Crippen LogP contribution in [0.15, 0.2) is 0 Å². The number of hydrogen-bond donors (Lipinski definition) is 7. The number of nitrogens with one attached hydrogen (secondary N) is 4. The monoisotopic (exact) mass is 315 g/mol. The molecule has 0 atom stereocenters. The molecule has 0 rings (SSSR count). The Morgan fingerprint density at radius 3 is 1.50 bits per heavy atom. The van der Waals surface area contributed by atoms with Crippen LogP contribution in [0, 0.1) is 0 Å². The maximum Gasteiger partial charge on any atom is 0.379 e. The van der Waals surface area contributed by atoms with E-state index in [2.05, 4.69) is 21.1 Å². The maximum atomic E-state index is 11.5. The van der Waals surface area contributed by atoms with E-state index in [1.807, 2.05) is 0 Å². The van der Waals surface area contributed by atoms with E-state index >= 15 is 0 Å². The van der Waals surface area contributed by atoms with E-state index in [9.17, 15) is 14.6 Å². The van der Waals surface area contributed by atoms with Gasteiger partial charge in [0.25, 0.3) is 0 Å². The van der Waals surface area contributed by atoms with Crippen LogP contribution in [0.3, 0.4) is 0 Å². The average Bonchev–Trinajstić information content (AvgIpc) is 2.42. The Labute approximate surface area is 131 Å². The van der Waals surface area contributed by atoms with Gasteiger partial charge in [-0.25, -0.2) is 0 Å². The highest BCUT2D eigenvalue weighted by Crippen LogP contribution is 1.87. The molecule has 0 aromatic carbocycles. The van der Waals surface area contributed by atoms with Crippen LogP contribution in [0.4, 0.5) is 0 Å². The number of nitrogens with zero attached hydrogens (tertiary/aromatic N) is 1. The second kappa shape index (κ2) is 11.5. The summed E-state index contributed by atoms with van der Waals surface area (Å²) in [7, 11) is -2.46. The van der Waals surface area contributed by atoms with Crippen LogP contribution < -0.4 is 21.1 Å². The van der Waals surface area contributed by atoms with Gasteiger partial charge in [-0.1, -0.05) is 0 Å². The Balaban J connectivity index is 4.05. The number of carbonyl (C=O) groups excluding carboxylic acids is 2. The summed E-state index contributed by atoms with van der Waals surface area (Å²) in [5, 5.41) is 37.7. The summed E-state index contributed by atoms with van der Waals surface area (Å²) in [6.07, 6.45) is 0. The van der Waals surface area contributed by atoms with Crippen molar-refractivity contribution >= 4 is 33.0 Å². The van der Waals surface area contributed by atoms with Crippen LogP contribution in [0.2, 0.25) is 20.5 Å². The molecule has 10 nitrogen and oxygen atoms in total. The molecule has 2 amide bonds. The zero-order valence-electron chi connectivity index (χ0n) is 13.2. The van der Waals surface area contributed by atoms with E-state index in [0.717, 1.165) is 0 Å². The van der Waals surface area contributed by atoms with Gasteiger partial charge in [0, 0.05) is 0 Å². The first-order valence-corrected chi connectivity index (χ1v) is 7.00. The summed E-state index contributed by atoms with van der Waals surface area (Å²) < 4.78 is 0. The minimum atomic E-state index is -0.880. The summed E-state index contributed by atoms with van der Waals surface area (Å²) in [5.41, 5.74) is 0. The Morgan fingerprint density at radius 2 is 1.23 bits per heavy atom. The maximum absolute atomic E-state index is 11.5. The van der Waals surface area contributed by atoms with E-state index in [1.54, 1.807) is 0 Å². The molecule has 0 fully saturated rings. The minimum Gasteiger partial charge on any atom is -0.437 e. The number of amides is 2. The van der Waals surface area contributed by atoms with Crippen molar-refractivity contribution in [1.29, 1.82) is 0 Å². The Kier molecular flexibility index (Phi) is 10.9. The standard InChI is InChI=1S/C9H24B3N5O5/c1-10(20)15-4-8(18)13-6-17(12(3)22)7-14-9(19)5-16-11(2)21/h15-16,20-22H,4-7H2,1-3H3,(H,13,18)(H,14,19). The van der Waals surface area contributed by atoms with Gasteiger partial charge in [-0.2, -0.15) is 0 Å². The van der Waals surface area contributed by atoms with Crippen molar-refractivity contribution in [3.05, 3.63) is 0 Å². The van der Waals surface area contributed by atoms with Crippen LogP contribution in [0.25, 0.3) is 0 Å². The SMILES string of the molecule is CB(O)NCC(=O)NCN(CNC(=O)CNB(C)O)B(C)O. The quantitative estimate of drug-likeness (QED) is 0.151. The summed E-state index contributed by atoms with van der Waals surface area (Å²) in [5.74, 6) is -0.706. The minimum absolute atomic E-state index is 0.0299. The van der Waals surface area contributed by atoms with Crippen molar-refractivity contribution in [1.82, 2.24) is 25.9 Å². The summed E-state index contributed by atoms with van der Waals surface area (Å²) >= 11 is 0. The lowest BCUT2D eigenvalue weighted by Crippen LogP contribution is -2.52. The van der Waals surface area contributed by atoms with Crippen LogP contribution >= 0.6 is 0 Å². The fourth-order valence-corrected chi connectivity index (χ4v) is 1.31. The van der Waals surface area contributed by atoms with Crippen LogP contribution in [0.1, 0.15) is 0 Å². The number of carbonyl (C=O) groups is 2. The van der Waals surface area contributed by atoms with Gasteiger partial charge in [0.05, 0.1) is 26.4 Å². The zero-order chi connectivity index (χ0) is 17.1. The summed E-state index contributed by atoms with van der Waals surface area (Å²) in [6, 6.07) is 0. The molecule has 0 spiro atoms. The Hall–Kier alpha value is -1.11. The fraction of sp³-hybridized carbons (Fsp3) is 0.778. The van der Waals surface area contributed by atoms with Crippen molar-refractivity contribution in [2.75, 3.05) is 26.4 Å². The highest BCUT2D eigenvalue weighted by molar-refractivity contribution is 6.46. The van der Waals surface area contributed by atoms with Crippen molar-refractivity contribution < 1.29 is 24.7 Å². The molecular formula is C9H24B3N5O5. The van der Waals surface area contributed by atoms with Gasteiger partial charge in [0.1, 0.15) is 0 Å². The van der Waals surface area contributed by atoms with Crippen molar-refractivity contribution in [3.8, 4) is 0 Å². The molecule has 0 aliphatic rings. The molecule has 22 heavy (non-hydrogen) atoms. The molecule has 0 aliphatic carbocycles. The smallest absolute Gasteiger partial charge is 0.379 e. The third-order valence-electron chi connectivity index (χ3n) is 2.60. The van der Waals surface area contributed by atoms with Crippen LogP contribution in [-0.4, -0.2) is 79.3 Å². The predicted molar refractivity (Wildman–Crippen MR) is 85.4 cm³/mol. The molecule has 7 N–H and O–H groups in total. The average molecular weight is 315 g/mol. The van der Waals surface area contributed by atoms with Gasteiger partial charge in [0.2, 0.25) is 11.8 Å². The second-order valence-electron chi connectivity index (χ2n) is 4.85. The Morgan fingerprint density at radius 1 is 0.864 bits per heavy atom. The molecule has 0 aliphatic heterocycles. The van der Waals surface area contributed by atoms with E-state index in [-0.39, 0.29) is 38.2 Å². The topological polar surface area (TPSA) is 146 Å². The first kappa shape index (κ1) is 20.9. The molecule has 0 aromatic rings. The van der Waals surface area contributed by atoms with E-state index in [4.69, 9.17) is 10.0 Å². The third kappa shape index (κ3) is 11.5. The van der Waals surface area contributed by atoms with E-state index in [0.29, 0.717) is 0 Å². The first-order valence-electron chi connectivity index (χ1n) is 7.00. The fourth-order valence-electron chi connectivity index (χ4n) is 1.31. The van der Waals surface area contributed by atoms with Crippen molar-refractivity contribution in [2.24, 2.45) is 0 Å². The normalized spacial score (nSPS) is 10.3. The highest BCUT2D eigenvalue weighted by Gasteiger charge is 2.17. The highest BCUT2D eigenvalue weighted by atomic mass is 16.2. The summed E-state index contributed by atoms with van der Waals surface area (Å²) in [4.78, 5) is 24.4. The van der Waals surface area contributed by atoms with E-state index < -0.39 is 21.2 Å². The molecular weight excluding hydrogens is 291 g/mol. The molecule has 0 saturated heterocycles. The molecule has 13 heteroatoms. The van der Waals surface area contributed by atoms with E-state index in [1.165, 1.54) is 25.3 Å². The molecule has 0 radical (unpaired) electrons. The van der Waals surface area contributed by atoms with Crippen molar-refractivity contribution in [2.45, 2.75) is 20.5 Å². The molecule has 0 heterocycles. The number of rotatable bonds is 11.